The van der Waals surface area contributed by atoms with Gasteiger partial charge in [-0.3, -0.25) is 0 Å². The molecule has 0 unspecified atom stereocenters. The van der Waals surface area contributed by atoms with E-state index < -0.39 is 5.60 Å². The molecule has 2 aromatic rings. The first-order valence-corrected chi connectivity index (χ1v) is 9.86. The highest BCUT2D eigenvalue weighted by molar-refractivity contribution is 5.78. The minimum atomic E-state index is -0.489. The Labute approximate surface area is 171 Å². The zero-order valence-electron chi connectivity index (χ0n) is 17.6. The Morgan fingerprint density at radius 2 is 1.76 bits per heavy atom. The van der Waals surface area contributed by atoms with Crippen molar-refractivity contribution in [3.8, 4) is 5.69 Å². The van der Waals surface area contributed by atoms with E-state index in [9.17, 15) is 4.79 Å². The van der Waals surface area contributed by atoms with Gasteiger partial charge in [0.05, 0.1) is 17.9 Å². The van der Waals surface area contributed by atoms with Crippen LogP contribution in [0.5, 0.6) is 0 Å². The summed E-state index contributed by atoms with van der Waals surface area (Å²) in [4.78, 5) is 20.4. The first-order chi connectivity index (χ1) is 13.7. The van der Waals surface area contributed by atoms with Gasteiger partial charge in [0.25, 0.3) is 0 Å². The maximum Gasteiger partial charge on any atom is 0.410 e. The van der Waals surface area contributed by atoms with Crippen LogP contribution in [-0.2, 0) is 11.3 Å². The van der Waals surface area contributed by atoms with Crippen LogP contribution in [0.1, 0.15) is 32.0 Å². The van der Waals surface area contributed by atoms with Gasteiger partial charge >= 0.3 is 6.09 Å². The number of nitrogens with two attached hydrogens (primary N) is 1. The third-order valence-corrected chi connectivity index (χ3v) is 4.69. The molecule has 8 heteroatoms. The number of amides is 1. The second-order valence-electron chi connectivity index (χ2n) is 8.15. The Balaban J connectivity index is 1.56. The molecule has 8 nitrogen and oxygen atoms in total. The van der Waals surface area contributed by atoms with Crippen LogP contribution in [0.25, 0.3) is 5.69 Å². The summed E-state index contributed by atoms with van der Waals surface area (Å²) in [7, 11) is 0. The molecule has 1 fully saturated rings. The van der Waals surface area contributed by atoms with Crippen molar-refractivity contribution < 1.29 is 9.53 Å². The van der Waals surface area contributed by atoms with Crippen LogP contribution in [0, 0.1) is 6.92 Å². The molecule has 0 bridgehead atoms. The molecular formula is C21H30N6O2. The molecule has 0 atom stereocenters. The molecule has 0 spiro atoms. The number of benzene rings is 1. The first kappa shape index (κ1) is 20.7. The van der Waals surface area contributed by atoms with E-state index >= 15 is 0 Å². The molecule has 156 valence electrons. The largest absolute Gasteiger partial charge is 0.444 e. The highest BCUT2D eigenvalue weighted by atomic mass is 16.6. The molecular weight excluding hydrogens is 368 g/mol. The highest BCUT2D eigenvalue weighted by Gasteiger charge is 2.26. The van der Waals surface area contributed by atoms with Crippen molar-refractivity contribution in [3.05, 3.63) is 47.8 Å². The van der Waals surface area contributed by atoms with Gasteiger partial charge in [0.2, 0.25) is 0 Å². The summed E-state index contributed by atoms with van der Waals surface area (Å²) in [6.45, 7) is 10.5. The van der Waals surface area contributed by atoms with Gasteiger partial charge in [-0.2, -0.15) is 5.10 Å². The fourth-order valence-electron chi connectivity index (χ4n) is 3.07. The van der Waals surface area contributed by atoms with Crippen LogP contribution in [0.3, 0.4) is 0 Å². The van der Waals surface area contributed by atoms with E-state index in [1.54, 1.807) is 4.90 Å². The molecule has 1 aliphatic heterocycles. The number of carbonyl (C=O) groups is 1. The van der Waals surface area contributed by atoms with E-state index in [0.29, 0.717) is 38.7 Å². The zero-order chi connectivity index (χ0) is 21.0. The topological polar surface area (TPSA) is 89.0 Å². The van der Waals surface area contributed by atoms with Gasteiger partial charge in [0.1, 0.15) is 5.60 Å². The van der Waals surface area contributed by atoms with Gasteiger partial charge in [0.15, 0.2) is 5.96 Å². The number of guanidine groups is 1. The van der Waals surface area contributed by atoms with Crippen LogP contribution in [0.2, 0.25) is 0 Å². The minimum Gasteiger partial charge on any atom is -0.444 e. The number of aryl methyl sites for hydroxylation is 1. The van der Waals surface area contributed by atoms with Gasteiger partial charge in [-0.15, -0.1) is 0 Å². The van der Waals surface area contributed by atoms with Crippen LogP contribution < -0.4 is 5.73 Å². The number of nitrogens with zero attached hydrogens (tertiary/aromatic N) is 5. The van der Waals surface area contributed by atoms with E-state index in [-0.39, 0.29) is 6.09 Å². The molecule has 0 saturated carbocycles. The Hall–Kier alpha value is -3.03. The number of aromatic nitrogens is 2. The van der Waals surface area contributed by atoms with Crippen molar-refractivity contribution in [2.45, 2.75) is 39.8 Å². The van der Waals surface area contributed by atoms with Crippen molar-refractivity contribution in [3.63, 3.8) is 0 Å². The maximum atomic E-state index is 12.2. The zero-order valence-corrected chi connectivity index (χ0v) is 17.6. The number of hydrogen-bond donors (Lipinski definition) is 1. The van der Waals surface area contributed by atoms with Crippen molar-refractivity contribution in [1.29, 1.82) is 0 Å². The lowest BCUT2D eigenvalue weighted by Gasteiger charge is -2.36. The molecule has 0 radical (unpaired) electrons. The third-order valence-electron chi connectivity index (χ3n) is 4.69. The van der Waals surface area contributed by atoms with Crippen LogP contribution >= 0.6 is 0 Å². The van der Waals surface area contributed by atoms with Crippen molar-refractivity contribution in [2.24, 2.45) is 10.7 Å². The van der Waals surface area contributed by atoms with Crippen molar-refractivity contribution in [1.82, 2.24) is 19.6 Å². The second kappa shape index (κ2) is 8.55. The molecule has 0 aliphatic carbocycles. The lowest BCUT2D eigenvalue weighted by molar-refractivity contribution is 0.0186. The van der Waals surface area contributed by atoms with E-state index in [1.807, 2.05) is 73.8 Å². The molecule has 2 N–H and O–H groups in total. The van der Waals surface area contributed by atoms with Crippen LogP contribution in [-0.4, -0.2) is 63.4 Å². The Bertz CT molecular complexity index is 861. The SMILES string of the molecule is Cc1nn(-c2ccccc2)cc1CN=C(N)N1CCN(C(=O)OC(C)(C)C)CC1. The Morgan fingerprint density at radius 1 is 1.14 bits per heavy atom. The third kappa shape index (κ3) is 5.49. The van der Waals surface area contributed by atoms with Gasteiger partial charge in [-0.25, -0.2) is 14.5 Å². The Kier molecular flexibility index (Phi) is 6.10. The van der Waals surface area contributed by atoms with Gasteiger partial charge < -0.3 is 20.3 Å². The normalized spacial score (nSPS) is 15.5. The number of rotatable bonds is 3. The second-order valence-corrected chi connectivity index (χ2v) is 8.15. The van der Waals surface area contributed by atoms with E-state index in [1.165, 1.54) is 0 Å². The average molecular weight is 399 g/mol. The summed E-state index contributed by atoms with van der Waals surface area (Å²) >= 11 is 0. The van der Waals surface area contributed by atoms with E-state index in [2.05, 4.69) is 10.1 Å². The number of piperazine rings is 1. The van der Waals surface area contributed by atoms with E-state index in [4.69, 9.17) is 10.5 Å². The fraction of sp³-hybridized carbons (Fsp3) is 0.476. The van der Waals surface area contributed by atoms with Crippen LogP contribution in [0.4, 0.5) is 4.79 Å². The lowest BCUT2D eigenvalue weighted by atomic mass is 10.2. The van der Waals surface area contributed by atoms with Gasteiger partial charge in [0, 0.05) is 37.9 Å². The standard InChI is InChI=1S/C21H30N6O2/c1-16-17(15-27(24-16)18-8-6-5-7-9-18)14-23-19(22)25-10-12-26(13-11-25)20(28)29-21(2,3)4/h5-9,15H,10-14H2,1-4H3,(H2,22,23). The monoisotopic (exact) mass is 398 g/mol. The molecule has 1 aromatic heterocycles. The predicted molar refractivity (Wildman–Crippen MR) is 113 cm³/mol. The average Bonchev–Trinajstić information content (AvgIpc) is 3.06. The summed E-state index contributed by atoms with van der Waals surface area (Å²) in [6, 6.07) is 9.97. The molecule has 2 heterocycles. The summed E-state index contributed by atoms with van der Waals surface area (Å²) in [5.74, 6) is 0.487. The van der Waals surface area contributed by atoms with Gasteiger partial charge in [-0.05, 0) is 39.8 Å². The maximum absolute atomic E-state index is 12.2. The summed E-state index contributed by atoms with van der Waals surface area (Å²) in [6.07, 6.45) is 1.71. The molecule has 1 aliphatic rings. The molecule has 29 heavy (non-hydrogen) atoms. The van der Waals surface area contributed by atoms with Gasteiger partial charge in [-0.1, -0.05) is 18.2 Å². The van der Waals surface area contributed by atoms with Crippen LogP contribution in [0.15, 0.2) is 41.5 Å². The number of hydrogen-bond acceptors (Lipinski definition) is 4. The molecule has 1 saturated heterocycles. The van der Waals surface area contributed by atoms with Crippen molar-refractivity contribution in [2.75, 3.05) is 26.2 Å². The smallest absolute Gasteiger partial charge is 0.410 e. The quantitative estimate of drug-likeness (QED) is 0.634. The highest BCUT2D eigenvalue weighted by Crippen LogP contribution is 2.14. The number of aliphatic imine (C=N–C) groups is 1. The molecule has 1 amide bonds. The molecule has 1 aromatic carbocycles. The Morgan fingerprint density at radius 3 is 2.38 bits per heavy atom. The summed E-state index contributed by atoms with van der Waals surface area (Å²) < 4.78 is 7.29. The first-order valence-electron chi connectivity index (χ1n) is 9.86. The molecule has 3 rings (SSSR count). The number of ether oxygens (including phenoxy) is 1. The lowest BCUT2D eigenvalue weighted by Crippen LogP contribution is -2.53. The van der Waals surface area contributed by atoms with Crippen molar-refractivity contribution >= 4 is 12.1 Å². The fourth-order valence-corrected chi connectivity index (χ4v) is 3.07. The van der Waals surface area contributed by atoms with E-state index in [0.717, 1.165) is 16.9 Å². The summed E-state index contributed by atoms with van der Waals surface area (Å²) in [5, 5.41) is 4.56. The number of para-hydroxylation sites is 1. The predicted octanol–water partition coefficient (Wildman–Crippen LogP) is 2.55. The minimum absolute atomic E-state index is 0.281. The summed E-state index contributed by atoms with van der Waals surface area (Å²) in [5.41, 5.74) is 8.69. The number of carbonyl (C=O) groups excluding carboxylic acids is 1.